The van der Waals surface area contributed by atoms with E-state index in [4.69, 9.17) is 18.0 Å². The van der Waals surface area contributed by atoms with Gasteiger partial charge < -0.3 is 16.4 Å². The maximum atomic E-state index is 12.1. The largest absolute Gasteiger partial charge is 0.392 e. The van der Waals surface area contributed by atoms with E-state index in [1.165, 1.54) is 19.3 Å². The molecule has 2 amide bonds. The maximum Gasteiger partial charge on any atom is 0.315 e. The molecule has 0 heterocycles. The molecule has 4 aliphatic rings. The topological polar surface area (TPSA) is 67.2 Å². The van der Waals surface area contributed by atoms with Crippen LogP contribution < -0.4 is 16.4 Å². The highest BCUT2D eigenvalue weighted by atomic mass is 32.1. The summed E-state index contributed by atoms with van der Waals surface area (Å²) in [7, 11) is 0. The van der Waals surface area contributed by atoms with E-state index < -0.39 is 0 Å². The fraction of sp³-hybridized carbons (Fsp3) is 0.857. The van der Waals surface area contributed by atoms with Gasteiger partial charge in [0.05, 0.1) is 11.0 Å². The molecule has 0 radical (unpaired) electrons. The summed E-state index contributed by atoms with van der Waals surface area (Å²) in [6, 6.07) is -0.355. The van der Waals surface area contributed by atoms with Gasteiger partial charge in [-0.25, -0.2) is 4.79 Å². The van der Waals surface area contributed by atoms with Gasteiger partial charge in [0, 0.05) is 5.54 Å². The van der Waals surface area contributed by atoms with Gasteiger partial charge in [-0.1, -0.05) is 12.2 Å². The summed E-state index contributed by atoms with van der Waals surface area (Å²) in [6.07, 6.45) is 7.62. The summed E-state index contributed by atoms with van der Waals surface area (Å²) in [5, 5.41) is 6.08. The van der Waals surface area contributed by atoms with E-state index in [0.29, 0.717) is 4.99 Å². The number of amides is 2. The Morgan fingerprint density at radius 1 is 1.21 bits per heavy atom. The molecule has 19 heavy (non-hydrogen) atoms. The molecule has 4 rings (SSSR count). The number of nitrogens with one attached hydrogen (secondary N) is 2. The van der Waals surface area contributed by atoms with E-state index in [-0.39, 0.29) is 17.6 Å². The average molecular weight is 281 g/mol. The van der Waals surface area contributed by atoms with Crippen molar-refractivity contribution in [2.45, 2.75) is 57.0 Å². The van der Waals surface area contributed by atoms with E-state index in [9.17, 15) is 4.79 Å². The summed E-state index contributed by atoms with van der Waals surface area (Å²) in [4.78, 5) is 12.4. The summed E-state index contributed by atoms with van der Waals surface area (Å²) < 4.78 is 0. The molecular formula is C14H23N3OS. The predicted molar refractivity (Wildman–Crippen MR) is 78.8 cm³/mol. The molecule has 4 saturated carbocycles. The van der Waals surface area contributed by atoms with E-state index in [0.717, 1.165) is 37.0 Å². The highest BCUT2D eigenvalue weighted by molar-refractivity contribution is 7.80. The Labute approximate surface area is 119 Å². The third-order valence-electron chi connectivity index (χ3n) is 5.19. The highest BCUT2D eigenvalue weighted by Crippen LogP contribution is 2.55. The van der Waals surface area contributed by atoms with Gasteiger partial charge in [-0.2, -0.15) is 0 Å². The molecule has 0 aromatic heterocycles. The summed E-state index contributed by atoms with van der Waals surface area (Å²) in [5.74, 6) is 2.50. The number of rotatable bonds is 3. The van der Waals surface area contributed by atoms with Crippen molar-refractivity contribution in [3.05, 3.63) is 0 Å². The first-order chi connectivity index (χ1) is 8.96. The highest BCUT2D eigenvalue weighted by Gasteiger charge is 2.51. The van der Waals surface area contributed by atoms with Crippen LogP contribution in [0.4, 0.5) is 4.79 Å². The lowest BCUT2D eigenvalue weighted by atomic mass is 9.53. The van der Waals surface area contributed by atoms with Crippen LogP contribution in [0.3, 0.4) is 0 Å². The maximum absolute atomic E-state index is 12.1. The number of hydrogen-bond acceptors (Lipinski definition) is 2. The number of carbonyl (C=O) groups is 1. The molecule has 4 aliphatic carbocycles. The molecule has 4 bridgehead atoms. The molecular weight excluding hydrogens is 258 g/mol. The molecule has 5 heteroatoms. The lowest BCUT2D eigenvalue weighted by molar-refractivity contribution is -0.0135. The fourth-order valence-electron chi connectivity index (χ4n) is 4.81. The first-order valence-electron chi connectivity index (χ1n) is 7.34. The third-order valence-corrected chi connectivity index (χ3v) is 5.54. The minimum atomic E-state index is -0.246. The summed E-state index contributed by atoms with van der Waals surface area (Å²) >= 11 is 4.89. The average Bonchev–Trinajstić information content (AvgIpc) is 2.25. The second-order valence-electron chi connectivity index (χ2n) is 6.92. The number of urea groups is 1. The zero-order valence-electron chi connectivity index (χ0n) is 11.4. The number of hydrogen-bond donors (Lipinski definition) is 3. The zero-order valence-corrected chi connectivity index (χ0v) is 12.3. The lowest BCUT2D eigenvalue weighted by Crippen LogP contribution is -2.62. The summed E-state index contributed by atoms with van der Waals surface area (Å²) in [6.45, 7) is 1.82. The van der Waals surface area contributed by atoms with Crippen LogP contribution in [0.1, 0.15) is 45.4 Å². The SMILES string of the molecule is CC(NC(=O)NC12CC3CC(CC(C3)C1)C2)C(N)=S. The normalized spacial score (nSPS) is 40.8. The predicted octanol–water partition coefficient (Wildman–Crippen LogP) is 1.93. The van der Waals surface area contributed by atoms with E-state index >= 15 is 0 Å². The standard InChI is InChI=1S/C14H23N3OS/c1-8(12(15)19)16-13(18)17-14-5-9-2-10(6-14)4-11(3-9)7-14/h8-11H,2-7H2,1H3,(H2,15,19)(H2,16,17,18). The smallest absolute Gasteiger partial charge is 0.315 e. The number of nitrogens with two attached hydrogens (primary N) is 1. The molecule has 1 atom stereocenters. The molecule has 4 N–H and O–H groups in total. The Hall–Kier alpha value is -0.840. The lowest BCUT2D eigenvalue weighted by Gasteiger charge is -2.56. The van der Waals surface area contributed by atoms with Gasteiger partial charge in [0.2, 0.25) is 0 Å². The zero-order chi connectivity index (χ0) is 13.6. The van der Waals surface area contributed by atoms with Crippen molar-refractivity contribution >= 4 is 23.2 Å². The van der Waals surface area contributed by atoms with E-state index in [1.807, 2.05) is 6.92 Å². The van der Waals surface area contributed by atoms with E-state index in [2.05, 4.69) is 10.6 Å². The van der Waals surface area contributed by atoms with Gasteiger partial charge in [0.25, 0.3) is 0 Å². The molecule has 4 nitrogen and oxygen atoms in total. The number of thiocarbonyl (C=S) groups is 1. The fourth-order valence-corrected chi connectivity index (χ4v) is 4.87. The third kappa shape index (κ3) is 2.57. The molecule has 0 aliphatic heterocycles. The van der Waals surface area contributed by atoms with Crippen LogP contribution in [-0.4, -0.2) is 22.6 Å². The van der Waals surface area contributed by atoms with Crippen molar-refractivity contribution in [3.8, 4) is 0 Å². The molecule has 0 aromatic carbocycles. The molecule has 0 aromatic rings. The Bertz CT molecular complexity index is 374. The second kappa shape index (κ2) is 4.62. The van der Waals surface area contributed by atoms with Crippen molar-refractivity contribution in [1.82, 2.24) is 10.6 Å². The van der Waals surface area contributed by atoms with Crippen molar-refractivity contribution in [2.75, 3.05) is 0 Å². The van der Waals surface area contributed by atoms with Crippen LogP contribution in [0, 0.1) is 17.8 Å². The monoisotopic (exact) mass is 281 g/mol. The van der Waals surface area contributed by atoms with Crippen LogP contribution in [0.25, 0.3) is 0 Å². The van der Waals surface area contributed by atoms with Gasteiger partial charge in [-0.15, -0.1) is 0 Å². The van der Waals surface area contributed by atoms with Crippen molar-refractivity contribution in [2.24, 2.45) is 23.5 Å². The number of carbonyl (C=O) groups excluding carboxylic acids is 1. The molecule has 0 spiro atoms. The molecule has 106 valence electrons. The van der Waals surface area contributed by atoms with Gasteiger partial charge in [0.15, 0.2) is 0 Å². The molecule has 0 saturated heterocycles. The van der Waals surface area contributed by atoms with Gasteiger partial charge in [-0.05, 0) is 63.2 Å². The van der Waals surface area contributed by atoms with E-state index in [1.54, 1.807) is 0 Å². The van der Waals surface area contributed by atoms with Crippen LogP contribution in [-0.2, 0) is 0 Å². The Kier molecular flexibility index (Phi) is 3.20. The van der Waals surface area contributed by atoms with Crippen LogP contribution in [0.2, 0.25) is 0 Å². The van der Waals surface area contributed by atoms with Crippen LogP contribution in [0.15, 0.2) is 0 Å². The Morgan fingerprint density at radius 3 is 2.11 bits per heavy atom. The van der Waals surface area contributed by atoms with Crippen molar-refractivity contribution in [3.63, 3.8) is 0 Å². The minimum absolute atomic E-state index is 0.0504. The first-order valence-corrected chi connectivity index (χ1v) is 7.74. The second-order valence-corrected chi connectivity index (χ2v) is 7.39. The Balaban J connectivity index is 1.63. The molecule has 1 unspecified atom stereocenters. The van der Waals surface area contributed by atoms with Crippen LogP contribution in [0.5, 0.6) is 0 Å². The van der Waals surface area contributed by atoms with Crippen molar-refractivity contribution < 1.29 is 4.79 Å². The Morgan fingerprint density at radius 2 is 1.68 bits per heavy atom. The molecule has 4 fully saturated rings. The quantitative estimate of drug-likeness (QED) is 0.692. The summed E-state index contributed by atoms with van der Waals surface area (Å²) in [5.41, 5.74) is 5.58. The van der Waals surface area contributed by atoms with Gasteiger partial charge in [0.1, 0.15) is 0 Å². The van der Waals surface area contributed by atoms with Crippen molar-refractivity contribution in [1.29, 1.82) is 0 Å². The van der Waals surface area contributed by atoms with Crippen LogP contribution >= 0.6 is 12.2 Å². The van der Waals surface area contributed by atoms with Gasteiger partial charge in [-0.3, -0.25) is 0 Å². The van der Waals surface area contributed by atoms with Gasteiger partial charge >= 0.3 is 6.03 Å². The first kappa shape index (κ1) is 13.2. The minimum Gasteiger partial charge on any atom is -0.392 e.